The lowest BCUT2D eigenvalue weighted by Gasteiger charge is -2.03. The number of hydrogen-bond donors (Lipinski definition) is 2. The molecule has 17 heavy (non-hydrogen) atoms. The van der Waals surface area contributed by atoms with Crippen LogP contribution in [0.2, 0.25) is 0 Å². The van der Waals surface area contributed by atoms with Crippen LogP contribution in [0.5, 0.6) is 0 Å². The molecule has 6 heteroatoms. The number of benzene rings is 1. The predicted molar refractivity (Wildman–Crippen MR) is 66.7 cm³/mol. The Morgan fingerprint density at radius 3 is 2.82 bits per heavy atom. The zero-order valence-electron chi connectivity index (χ0n) is 8.79. The first-order valence-corrected chi connectivity index (χ1v) is 5.73. The molecule has 0 spiro atoms. The molecule has 0 atom stereocenters. The fourth-order valence-corrected chi connectivity index (χ4v) is 2.35. The molecule has 0 amide bonds. The Kier molecular flexibility index (Phi) is 3.08. The van der Waals surface area contributed by atoms with Gasteiger partial charge in [-0.2, -0.15) is 0 Å². The smallest absolute Gasteiger partial charge is 0.292 e. The van der Waals surface area contributed by atoms with Gasteiger partial charge in [0.25, 0.3) is 5.69 Å². The van der Waals surface area contributed by atoms with Crippen LogP contribution in [0.4, 0.5) is 11.4 Å². The van der Waals surface area contributed by atoms with Gasteiger partial charge in [0.05, 0.1) is 11.5 Å². The van der Waals surface area contributed by atoms with Crippen LogP contribution in [0.25, 0.3) is 11.1 Å². The Bertz CT molecular complexity index is 566. The molecule has 0 unspecified atom stereocenters. The summed E-state index contributed by atoms with van der Waals surface area (Å²) in [5.74, 6) is 0. The predicted octanol–water partition coefficient (Wildman–Crippen LogP) is 2.40. The van der Waals surface area contributed by atoms with Crippen molar-refractivity contribution in [1.29, 1.82) is 0 Å². The topological polar surface area (TPSA) is 89.4 Å². The summed E-state index contributed by atoms with van der Waals surface area (Å²) < 4.78 is 0. The number of nitrogens with two attached hydrogens (primary N) is 1. The summed E-state index contributed by atoms with van der Waals surface area (Å²) in [4.78, 5) is 11.0. The van der Waals surface area contributed by atoms with Gasteiger partial charge < -0.3 is 10.8 Å². The van der Waals surface area contributed by atoms with Gasteiger partial charge >= 0.3 is 0 Å². The minimum atomic E-state index is -0.510. The van der Waals surface area contributed by atoms with Crippen molar-refractivity contribution in [3.63, 3.8) is 0 Å². The van der Waals surface area contributed by atoms with Crippen molar-refractivity contribution in [2.75, 3.05) is 5.73 Å². The van der Waals surface area contributed by atoms with Crippen LogP contribution in [-0.2, 0) is 6.61 Å². The highest BCUT2D eigenvalue weighted by Gasteiger charge is 2.14. The van der Waals surface area contributed by atoms with E-state index in [-0.39, 0.29) is 18.0 Å². The zero-order chi connectivity index (χ0) is 12.4. The third-order valence-electron chi connectivity index (χ3n) is 2.43. The second kappa shape index (κ2) is 4.52. The molecule has 0 radical (unpaired) electrons. The van der Waals surface area contributed by atoms with Crippen LogP contribution in [0.15, 0.2) is 29.6 Å². The van der Waals surface area contributed by atoms with Crippen molar-refractivity contribution >= 4 is 22.7 Å². The molecule has 1 aromatic heterocycles. The van der Waals surface area contributed by atoms with Crippen molar-refractivity contribution in [1.82, 2.24) is 0 Å². The fourth-order valence-electron chi connectivity index (χ4n) is 1.59. The number of nitrogens with zero attached hydrogens (tertiary/aromatic N) is 1. The number of nitro groups is 1. The summed E-state index contributed by atoms with van der Waals surface area (Å²) >= 11 is 1.41. The molecule has 1 heterocycles. The van der Waals surface area contributed by atoms with Crippen LogP contribution in [-0.4, -0.2) is 10.0 Å². The van der Waals surface area contributed by atoms with E-state index in [1.54, 1.807) is 6.07 Å². The van der Waals surface area contributed by atoms with Crippen LogP contribution < -0.4 is 5.73 Å². The van der Waals surface area contributed by atoms with Gasteiger partial charge in [-0.15, -0.1) is 11.3 Å². The van der Waals surface area contributed by atoms with Gasteiger partial charge in [-0.3, -0.25) is 10.1 Å². The maximum absolute atomic E-state index is 10.8. The highest BCUT2D eigenvalue weighted by Crippen LogP contribution is 2.32. The maximum Gasteiger partial charge on any atom is 0.292 e. The van der Waals surface area contributed by atoms with E-state index in [9.17, 15) is 10.1 Å². The monoisotopic (exact) mass is 250 g/mol. The third kappa shape index (κ3) is 2.13. The van der Waals surface area contributed by atoms with Gasteiger partial charge in [-0.25, -0.2) is 0 Å². The number of nitrogen functional groups attached to an aromatic ring is 1. The van der Waals surface area contributed by atoms with Crippen molar-refractivity contribution in [3.8, 4) is 11.1 Å². The standard InChI is InChI=1S/C11H10N2O3S/c12-9-2-1-7(5-10(9)13(15)16)8-3-4-17-11(8)6-14/h1-5,14H,6,12H2. The molecule has 0 saturated heterocycles. The molecule has 0 saturated carbocycles. The number of aliphatic hydroxyl groups excluding tert-OH is 1. The van der Waals surface area contributed by atoms with Crippen LogP contribution in [0, 0.1) is 10.1 Å². The van der Waals surface area contributed by atoms with E-state index >= 15 is 0 Å². The first-order valence-electron chi connectivity index (χ1n) is 4.85. The van der Waals surface area contributed by atoms with E-state index in [4.69, 9.17) is 10.8 Å². The lowest BCUT2D eigenvalue weighted by Crippen LogP contribution is -1.95. The van der Waals surface area contributed by atoms with E-state index in [0.29, 0.717) is 5.56 Å². The summed E-state index contributed by atoms with van der Waals surface area (Å²) in [5.41, 5.74) is 7.05. The van der Waals surface area contributed by atoms with Gasteiger partial charge in [0.2, 0.25) is 0 Å². The summed E-state index contributed by atoms with van der Waals surface area (Å²) in [6.07, 6.45) is 0. The molecular weight excluding hydrogens is 240 g/mol. The number of aliphatic hydroxyl groups is 1. The second-order valence-corrected chi connectivity index (χ2v) is 4.45. The number of anilines is 1. The van der Waals surface area contributed by atoms with Gasteiger partial charge in [0.15, 0.2) is 0 Å². The average molecular weight is 250 g/mol. The number of hydrogen-bond acceptors (Lipinski definition) is 5. The largest absolute Gasteiger partial charge is 0.393 e. The Morgan fingerprint density at radius 1 is 1.41 bits per heavy atom. The van der Waals surface area contributed by atoms with Gasteiger partial charge in [0, 0.05) is 10.9 Å². The van der Waals surface area contributed by atoms with E-state index in [0.717, 1.165) is 10.4 Å². The minimum absolute atomic E-state index is 0.0782. The summed E-state index contributed by atoms with van der Waals surface area (Å²) in [5, 5.41) is 21.8. The summed E-state index contributed by atoms with van der Waals surface area (Å²) in [6, 6.07) is 6.47. The van der Waals surface area contributed by atoms with E-state index in [1.807, 2.05) is 11.4 Å². The quantitative estimate of drug-likeness (QED) is 0.497. The molecule has 3 N–H and O–H groups in total. The van der Waals surface area contributed by atoms with Gasteiger partial charge in [-0.05, 0) is 28.6 Å². The third-order valence-corrected chi connectivity index (χ3v) is 3.33. The lowest BCUT2D eigenvalue weighted by molar-refractivity contribution is -0.383. The molecule has 5 nitrogen and oxygen atoms in total. The SMILES string of the molecule is Nc1ccc(-c2ccsc2CO)cc1[N+](=O)[O-]. The molecule has 2 aromatic rings. The normalized spacial score (nSPS) is 10.4. The minimum Gasteiger partial charge on any atom is -0.393 e. The summed E-state index contributed by atoms with van der Waals surface area (Å²) in [6.45, 7) is -0.0782. The molecule has 2 rings (SSSR count). The van der Waals surface area contributed by atoms with Crippen molar-refractivity contribution < 1.29 is 10.0 Å². The van der Waals surface area contributed by atoms with Crippen molar-refractivity contribution in [2.24, 2.45) is 0 Å². The Morgan fingerprint density at radius 2 is 2.18 bits per heavy atom. The van der Waals surface area contributed by atoms with Crippen LogP contribution in [0.1, 0.15) is 4.88 Å². The second-order valence-electron chi connectivity index (χ2n) is 3.45. The summed E-state index contributed by atoms with van der Waals surface area (Å²) in [7, 11) is 0. The number of nitro benzene ring substituents is 1. The highest BCUT2D eigenvalue weighted by atomic mass is 32.1. The maximum atomic E-state index is 10.8. The van der Waals surface area contributed by atoms with Gasteiger partial charge in [-0.1, -0.05) is 6.07 Å². The lowest BCUT2D eigenvalue weighted by atomic mass is 10.1. The van der Waals surface area contributed by atoms with Gasteiger partial charge in [0.1, 0.15) is 5.69 Å². The first kappa shape index (κ1) is 11.6. The Balaban J connectivity index is 2.54. The Labute approximate surface area is 101 Å². The number of thiophene rings is 1. The molecule has 0 aliphatic heterocycles. The van der Waals surface area contributed by atoms with E-state index in [2.05, 4.69) is 0 Å². The fraction of sp³-hybridized carbons (Fsp3) is 0.0909. The number of rotatable bonds is 3. The molecule has 0 aliphatic carbocycles. The van der Waals surface area contributed by atoms with E-state index in [1.165, 1.54) is 23.5 Å². The first-order chi connectivity index (χ1) is 8.13. The molecule has 1 aromatic carbocycles. The van der Waals surface area contributed by atoms with Crippen molar-refractivity contribution in [3.05, 3.63) is 44.6 Å². The Hall–Kier alpha value is -1.92. The molecular formula is C11H10N2O3S. The highest BCUT2D eigenvalue weighted by molar-refractivity contribution is 7.10. The van der Waals surface area contributed by atoms with Crippen LogP contribution >= 0.6 is 11.3 Å². The zero-order valence-corrected chi connectivity index (χ0v) is 9.61. The molecule has 0 fully saturated rings. The molecule has 0 aliphatic rings. The average Bonchev–Trinajstić information content (AvgIpc) is 2.77. The van der Waals surface area contributed by atoms with Crippen LogP contribution in [0.3, 0.4) is 0 Å². The molecule has 0 bridgehead atoms. The molecule has 88 valence electrons. The van der Waals surface area contributed by atoms with E-state index < -0.39 is 4.92 Å². The van der Waals surface area contributed by atoms with Crippen molar-refractivity contribution in [2.45, 2.75) is 6.61 Å².